The molecule has 3 N–H and O–H groups in total. The van der Waals surface area contributed by atoms with Gasteiger partial charge in [0.1, 0.15) is 0 Å². The first-order valence-electron chi connectivity index (χ1n) is 11.9. The SMILES string of the molecule is CCCN(C(=O)Cc1c[nH]c2ccccc12)c1cccc(NC(=O)Cc2c[nH]c3ccccc23)c1. The van der Waals surface area contributed by atoms with E-state index in [1.165, 1.54) is 0 Å². The highest BCUT2D eigenvalue weighted by atomic mass is 16.2. The van der Waals surface area contributed by atoms with Gasteiger partial charge in [-0.3, -0.25) is 9.59 Å². The van der Waals surface area contributed by atoms with E-state index in [2.05, 4.69) is 22.2 Å². The van der Waals surface area contributed by atoms with E-state index in [0.717, 1.165) is 45.0 Å². The number of nitrogens with zero attached hydrogens (tertiary/aromatic N) is 1. The smallest absolute Gasteiger partial charge is 0.231 e. The number of carbonyl (C=O) groups excluding carboxylic acids is 2. The predicted molar refractivity (Wildman–Crippen MR) is 142 cm³/mol. The quantitative estimate of drug-likeness (QED) is 0.271. The van der Waals surface area contributed by atoms with E-state index in [1.54, 1.807) is 4.90 Å². The summed E-state index contributed by atoms with van der Waals surface area (Å²) < 4.78 is 0. The van der Waals surface area contributed by atoms with Gasteiger partial charge in [-0.1, -0.05) is 49.4 Å². The number of amides is 2. The molecule has 2 heterocycles. The van der Waals surface area contributed by atoms with Crippen LogP contribution in [0.25, 0.3) is 21.8 Å². The molecule has 0 bridgehead atoms. The molecule has 6 nitrogen and oxygen atoms in total. The van der Waals surface area contributed by atoms with Crippen molar-refractivity contribution in [3.8, 4) is 0 Å². The minimum atomic E-state index is -0.0981. The molecule has 2 aromatic heterocycles. The minimum absolute atomic E-state index is 0.0267. The number of hydrogen-bond acceptors (Lipinski definition) is 2. The number of anilines is 2. The van der Waals surface area contributed by atoms with E-state index in [0.29, 0.717) is 18.7 Å². The van der Waals surface area contributed by atoms with Crippen molar-refractivity contribution in [3.63, 3.8) is 0 Å². The molecule has 0 aliphatic carbocycles. The van der Waals surface area contributed by atoms with Crippen LogP contribution in [0.4, 0.5) is 11.4 Å². The lowest BCUT2D eigenvalue weighted by atomic mass is 10.1. The third kappa shape index (κ3) is 4.82. The van der Waals surface area contributed by atoms with Gasteiger partial charge in [0.15, 0.2) is 0 Å². The Hall–Kier alpha value is -4.32. The van der Waals surface area contributed by atoms with Crippen LogP contribution in [-0.2, 0) is 22.4 Å². The van der Waals surface area contributed by atoms with Crippen LogP contribution in [0.2, 0.25) is 0 Å². The highest BCUT2D eigenvalue weighted by Gasteiger charge is 2.18. The molecular formula is C29H28N4O2. The van der Waals surface area contributed by atoms with Crippen molar-refractivity contribution in [2.45, 2.75) is 26.2 Å². The number of aromatic amines is 2. The van der Waals surface area contributed by atoms with Crippen molar-refractivity contribution in [2.24, 2.45) is 0 Å². The maximum atomic E-state index is 13.3. The van der Waals surface area contributed by atoms with Gasteiger partial charge in [-0.15, -0.1) is 0 Å². The summed E-state index contributed by atoms with van der Waals surface area (Å²) in [6.45, 7) is 2.66. The fraction of sp³-hybridized carbons (Fsp3) is 0.172. The molecule has 2 amide bonds. The standard InChI is InChI=1S/C29H28N4O2/c1-2-14-33(29(35)16-21-19-31-27-13-6-4-11-25(21)27)23-9-7-8-22(17-23)32-28(34)15-20-18-30-26-12-5-3-10-24(20)26/h3-13,17-19,30-31H,2,14-16H2,1H3,(H,32,34). The second kappa shape index (κ2) is 9.89. The summed E-state index contributed by atoms with van der Waals surface area (Å²) in [5, 5.41) is 5.11. The van der Waals surface area contributed by atoms with Crippen LogP contribution in [0, 0.1) is 0 Å². The monoisotopic (exact) mass is 464 g/mol. The number of para-hydroxylation sites is 2. The van der Waals surface area contributed by atoms with Crippen molar-refractivity contribution >= 4 is 45.0 Å². The van der Waals surface area contributed by atoms with E-state index >= 15 is 0 Å². The number of H-pyrrole nitrogens is 2. The van der Waals surface area contributed by atoms with Crippen molar-refractivity contribution in [2.75, 3.05) is 16.8 Å². The van der Waals surface area contributed by atoms with Gasteiger partial charge in [-0.2, -0.15) is 0 Å². The summed E-state index contributed by atoms with van der Waals surface area (Å²) in [6.07, 6.45) is 5.20. The molecule has 0 saturated heterocycles. The lowest BCUT2D eigenvalue weighted by molar-refractivity contribution is -0.118. The molecule has 0 aliphatic heterocycles. The van der Waals surface area contributed by atoms with Crippen LogP contribution in [0.5, 0.6) is 0 Å². The van der Waals surface area contributed by atoms with Gasteiger partial charge < -0.3 is 20.2 Å². The Morgan fingerprint density at radius 3 is 2.09 bits per heavy atom. The highest BCUT2D eigenvalue weighted by molar-refractivity contribution is 5.99. The maximum Gasteiger partial charge on any atom is 0.231 e. The molecule has 35 heavy (non-hydrogen) atoms. The zero-order chi connectivity index (χ0) is 24.2. The Balaban J connectivity index is 1.31. The van der Waals surface area contributed by atoms with Gasteiger partial charge in [0.25, 0.3) is 0 Å². The third-order valence-electron chi connectivity index (χ3n) is 6.23. The van der Waals surface area contributed by atoms with Gasteiger partial charge >= 0.3 is 0 Å². The van der Waals surface area contributed by atoms with Gasteiger partial charge in [-0.25, -0.2) is 0 Å². The van der Waals surface area contributed by atoms with E-state index in [-0.39, 0.29) is 18.2 Å². The molecule has 5 aromatic rings. The van der Waals surface area contributed by atoms with Crippen LogP contribution in [-0.4, -0.2) is 28.3 Å². The van der Waals surface area contributed by atoms with Gasteiger partial charge in [-0.05, 0) is 47.9 Å². The molecular weight excluding hydrogens is 436 g/mol. The molecule has 0 unspecified atom stereocenters. The van der Waals surface area contributed by atoms with Crippen LogP contribution in [0.1, 0.15) is 24.5 Å². The maximum absolute atomic E-state index is 13.3. The van der Waals surface area contributed by atoms with Gasteiger partial charge in [0.05, 0.1) is 12.8 Å². The number of aromatic nitrogens is 2. The molecule has 176 valence electrons. The van der Waals surface area contributed by atoms with Gasteiger partial charge in [0, 0.05) is 52.1 Å². The first-order chi connectivity index (χ1) is 17.1. The molecule has 5 rings (SSSR count). The largest absolute Gasteiger partial charge is 0.361 e. The molecule has 6 heteroatoms. The Labute approximate surface area is 204 Å². The summed E-state index contributed by atoms with van der Waals surface area (Å²) in [4.78, 5) is 34.4. The zero-order valence-electron chi connectivity index (χ0n) is 19.7. The average Bonchev–Trinajstić information content (AvgIpc) is 3.47. The van der Waals surface area contributed by atoms with E-state index in [1.807, 2.05) is 85.2 Å². The second-order valence-electron chi connectivity index (χ2n) is 8.72. The molecule has 0 atom stereocenters. The predicted octanol–water partition coefficient (Wildman–Crippen LogP) is 5.82. The Morgan fingerprint density at radius 2 is 1.43 bits per heavy atom. The fourth-order valence-electron chi connectivity index (χ4n) is 4.57. The molecule has 0 spiro atoms. The van der Waals surface area contributed by atoms with Crippen molar-refractivity contribution < 1.29 is 9.59 Å². The molecule has 0 fully saturated rings. The molecule has 0 radical (unpaired) electrons. The van der Waals surface area contributed by atoms with Crippen LogP contribution in [0.15, 0.2) is 85.2 Å². The third-order valence-corrected chi connectivity index (χ3v) is 6.23. The Morgan fingerprint density at radius 1 is 0.800 bits per heavy atom. The number of benzene rings is 3. The first kappa shape index (κ1) is 22.5. The first-order valence-corrected chi connectivity index (χ1v) is 11.9. The number of fused-ring (bicyclic) bond motifs is 2. The van der Waals surface area contributed by atoms with Crippen LogP contribution >= 0.6 is 0 Å². The minimum Gasteiger partial charge on any atom is -0.361 e. The van der Waals surface area contributed by atoms with Crippen LogP contribution in [0.3, 0.4) is 0 Å². The summed E-state index contributed by atoms with van der Waals surface area (Å²) in [5.74, 6) is -0.0714. The number of nitrogens with one attached hydrogen (secondary N) is 3. The Kier molecular flexibility index (Phi) is 6.35. The molecule has 3 aromatic carbocycles. The van der Waals surface area contributed by atoms with Gasteiger partial charge in [0.2, 0.25) is 11.8 Å². The van der Waals surface area contributed by atoms with Crippen molar-refractivity contribution in [1.82, 2.24) is 9.97 Å². The molecule has 0 saturated carbocycles. The van der Waals surface area contributed by atoms with E-state index < -0.39 is 0 Å². The van der Waals surface area contributed by atoms with Crippen molar-refractivity contribution in [3.05, 3.63) is 96.3 Å². The summed E-state index contributed by atoms with van der Waals surface area (Å²) in [7, 11) is 0. The number of hydrogen-bond donors (Lipinski definition) is 3. The zero-order valence-corrected chi connectivity index (χ0v) is 19.7. The lowest BCUT2D eigenvalue weighted by Crippen LogP contribution is -2.33. The summed E-state index contributed by atoms with van der Waals surface area (Å²) in [5.41, 5.74) is 5.43. The van der Waals surface area contributed by atoms with Crippen LogP contribution < -0.4 is 10.2 Å². The normalized spacial score (nSPS) is 11.1. The summed E-state index contributed by atoms with van der Waals surface area (Å²) >= 11 is 0. The van der Waals surface area contributed by atoms with E-state index in [9.17, 15) is 9.59 Å². The summed E-state index contributed by atoms with van der Waals surface area (Å²) in [6, 6.07) is 23.5. The van der Waals surface area contributed by atoms with E-state index in [4.69, 9.17) is 0 Å². The average molecular weight is 465 g/mol. The highest BCUT2D eigenvalue weighted by Crippen LogP contribution is 2.24. The lowest BCUT2D eigenvalue weighted by Gasteiger charge is -2.23. The fourth-order valence-corrected chi connectivity index (χ4v) is 4.57. The second-order valence-corrected chi connectivity index (χ2v) is 8.72. The number of carbonyl (C=O) groups is 2. The Bertz CT molecular complexity index is 1500. The van der Waals surface area contributed by atoms with Crippen molar-refractivity contribution in [1.29, 1.82) is 0 Å². The topological polar surface area (TPSA) is 81.0 Å². The molecule has 0 aliphatic rings. The number of rotatable bonds is 8.